The standard InChI is InChI=1S/C20H24N2O2S/c1-11-5-8-15-16(9-11)25-20(17(15)19(24)21-4)22-18(23)14-7-6-12(2)13(3)10-14/h6-7,10-11H,5,8-9H2,1-4H3,(H,21,24)(H,22,23). The second kappa shape index (κ2) is 7.00. The summed E-state index contributed by atoms with van der Waals surface area (Å²) in [6.45, 7) is 6.25. The van der Waals surface area contributed by atoms with E-state index in [1.54, 1.807) is 18.4 Å². The normalized spacial score (nSPS) is 16.2. The van der Waals surface area contributed by atoms with Crippen LogP contribution in [0.4, 0.5) is 5.00 Å². The first-order valence-electron chi connectivity index (χ1n) is 8.66. The average Bonchev–Trinajstić information content (AvgIpc) is 2.93. The van der Waals surface area contributed by atoms with Gasteiger partial charge >= 0.3 is 0 Å². The fourth-order valence-corrected chi connectivity index (χ4v) is 4.67. The fourth-order valence-electron chi connectivity index (χ4n) is 3.26. The van der Waals surface area contributed by atoms with Crippen molar-refractivity contribution < 1.29 is 9.59 Å². The summed E-state index contributed by atoms with van der Waals surface area (Å²) >= 11 is 1.55. The maximum atomic E-state index is 12.7. The SMILES string of the molecule is CNC(=O)c1c(NC(=O)c2ccc(C)c(C)c2)sc2c1CCC(C)C2. The maximum Gasteiger partial charge on any atom is 0.256 e. The first kappa shape index (κ1) is 17.7. The molecular weight excluding hydrogens is 332 g/mol. The van der Waals surface area contributed by atoms with Crippen LogP contribution >= 0.6 is 11.3 Å². The molecule has 4 nitrogen and oxygen atoms in total. The van der Waals surface area contributed by atoms with Gasteiger partial charge in [0.2, 0.25) is 0 Å². The van der Waals surface area contributed by atoms with Crippen molar-refractivity contribution in [3.63, 3.8) is 0 Å². The third kappa shape index (κ3) is 3.47. The van der Waals surface area contributed by atoms with Gasteiger partial charge in [0.05, 0.1) is 5.56 Å². The zero-order valence-electron chi connectivity index (χ0n) is 15.2. The topological polar surface area (TPSA) is 58.2 Å². The Bertz CT molecular complexity index is 838. The van der Waals surface area contributed by atoms with Crippen molar-refractivity contribution in [1.82, 2.24) is 5.32 Å². The molecule has 1 aromatic heterocycles. The van der Waals surface area contributed by atoms with E-state index in [0.717, 1.165) is 36.0 Å². The first-order valence-corrected chi connectivity index (χ1v) is 9.47. The number of fused-ring (bicyclic) bond motifs is 1. The van der Waals surface area contributed by atoms with Crippen molar-refractivity contribution in [1.29, 1.82) is 0 Å². The molecule has 2 aromatic rings. The number of hydrogen-bond donors (Lipinski definition) is 2. The molecule has 1 aromatic carbocycles. The summed E-state index contributed by atoms with van der Waals surface area (Å²) in [6.07, 6.45) is 2.96. The van der Waals surface area contributed by atoms with E-state index < -0.39 is 0 Å². The van der Waals surface area contributed by atoms with Crippen molar-refractivity contribution in [3.8, 4) is 0 Å². The van der Waals surface area contributed by atoms with Crippen LogP contribution in [-0.4, -0.2) is 18.9 Å². The lowest BCUT2D eigenvalue weighted by Crippen LogP contribution is -2.22. The van der Waals surface area contributed by atoms with Crippen molar-refractivity contribution in [2.75, 3.05) is 12.4 Å². The number of amides is 2. The summed E-state index contributed by atoms with van der Waals surface area (Å²) in [7, 11) is 1.63. The van der Waals surface area contributed by atoms with E-state index in [9.17, 15) is 9.59 Å². The van der Waals surface area contributed by atoms with Crippen molar-refractivity contribution in [2.24, 2.45) is 5.92 Å². The third-order valence-electron chi connectivity index (χ3n) is 4.96. The van der Waals surface area contributed by atoms with Crippen LogP contribution < -0.4 is 10.6 Å². The van der Waals surface area contributed by atoms with Crippen LogP contribution in [0.3, 0.4) is 0 Å². The van der Waals surface area contributed by atoms with Gasteiger partial charge in [0, 0.05) is 17.5 Å². The second-order valence-electron chi connectivity index (χ2n) is 6.89. The molecule has 1 heterocycles. The largest absolute Gasteiger partial charge is 0.355 e. The highest BCUT2D eigenvalue weighted by atomic mass is 32.1. The van der Waals surface area contributed by atoms with Crippen LogP contribution in [-0.2, 0) is 12.8 Å². The van der Waals surface area contributed by atoms with E-state index >= 15 is 0 Å². The zero-order chi connectivity index (χ0) is 18.1. The van der Waals surface area contributed by atoms with E-state index in [1.165, 1.54) is 4.88 Å². The van der Waals surface area contributed by atoms with E-state index in [2.05, 4.69) is 17.6 Å². The van der Waals surface area contributed by atoms with Crippen molar-refractivity contribution >= 4 is 28.2 Å². The second-order valence-corrected chi connectivity index (χ2v) is 7.99. The number of rotatable bonds is 3. The fraction of sp³-hybridized carbons (Fsp3) is 0.400. The highest BCUT2D eigenvalue weighted by Gasteiger charge is 2.28. The Hall–Kier alpha value is -2.14. The monoisotopic (exact) mass is 356 g/mol. The van der Waals surface area contributed by atoms with Gasteiger partial charge in [-0.15, -0.1) is 11.3 Å². The summed E-state index contributed by atoms with van der Waals surface area (Å²) in [6, 6.07) is 5.66. The lowest BCUT2D eigenvalue weighted by Gasteiger charge is -2.18. The molecule has 0 spiro atoms. The van der Waals surface area contributed by atoms with E-state index in [1.807, 2.05) is 32.0 Å². The molecule has 2 N–H and O–H groups in total. The molecule has 1 aliphatic carbocycles. The molecule has 1 unspecified atom stereocenters. The Morgan fingerprint density at radius 1 is 1.16 bits per heavy atom. The Morgan fingerprint density at radius 3 is 2.60 bits per heavy atom. The molecule has 3 rings (SSSR count). The molecule has 132 valence electrons. The molecule has 2 amide bonds. The van der Waals surface area contributed by atoms with Crippen LogP contribution in [0.15, 0.2) is 18.2 Å². The lowest BCUT2D eigenvalue weighted by molar-refractivity contribution is 0.0963. The summed E-state index contributed by atoms with van der Waals surface area (Å²) in [5, 5.41) is 6.36. The molecule has 1 atom stereocenters. The highest BCUT2D eigenvalue weighted by molar-refractivity contribution is 7.17. The summed E-state index contributed by atoms with van der Waals surface area (Å²) in [5.74, 6) is 0.328. The van der Waals surface area contributed by atoms with Gasteiger partial charge < -0.3 is 10.6 Å². The highest BCUT2D eigenvalue weighted by Crippen LogP contribution is 2.39. The van der Waals surface area contributed by atoms with Gasteiger partial charge in [-0.3, -0.25) is 9.59 Å². The number of carbonyl (C=O) groups is 2. The number of benzene rings is 1. The smallest absolute Gasteiger partial charge is 0.256 e. The lowest BCUT2D eigenvalue weighted by atomic mass is 9.88. The van der Waals surface area contributed by atoms with Crippen LogP contribution in [0.1, 0.15) is 55.6 Å². The van der Waals surface area contributed by atoms with Crippen molar-refractivity contribution in [2.45, 2.75) is 40.0 Å². The molecule has 0 radical (unpaired) electrons. The van der Waals surface area contributed by atoms with Crippen LogP contribution in [0.25, 0.3) is 0 Å². The number of hydrogen-bond acceptors (Lipinski definition) is 3. The zero-order valence-corrected chi connectivity index (χ0v) is 16.0. The third-order valence-corrected chi connectivity index (χ3v) is 6.13. The first-order chi connectivity index (χ1) is 11.9. The average molecular weight is 356 g/mol. The molecule has 25 heavy (non-hydrogen) atoms. The van der Waals surface area contributed by atoms with Gasteiger partial charge in [0.1, 0.15) is 5.00 Å². The number of nitrogens with one attached hydrogen (secondary N) is 2. The molecule has 0 aliphatic heterocycles. The summed E-state index contributed by atoms with van der Waals surface area (Å²) < 4.78 is 0. The van der Waals surface area contributed by atoms with E-state index in [0.29, 0.717) is 22.0 Å². The molecule has 0 fully saturated rings. The van der Waals surface area contributed by atoms with Crippen LogP contribution in [0, 0.1) is 19.8 Å². The van der Waals surface area contributed by atoms with Crippen LogP contribution in [0.2, 0.25) is 0 Å². The van der Waals surface area contributed by atoms with Gasteiger partial charge in [-0.1, -0.05) is 13.0 Å². The predicted molar refractivity (Wildman–Crippen MR) is 103 cm³/mol. The minimum absolute atomic E-state index is 0.123. The molecule has 5 heteroatoms. The maximum absolute atomic E-state index is 12.7. The van der Waals surface area contributed by atoms with Gasteiger partial charge in [0.25, 0.3) is 11.8 Å². The number of aryl methyl sites for hydroxylation is 2. The Morgan fingerprint density at radius 2 is 1.92 bits per heavy atom. The minimum Gasteiger partial charge on any atom is -0.355 e. The Kier molecular flexibility index (Phi) is 4.95. The number of anilines is 1. The quantitative estimate of drug-likeness (QED) is 0.870. The molecule has 0 bridgehead atoms. The number of carbonyl (C=O) groups excluding carboxylic acids is 2. The molecule has 1 aliphatic rings. The number of thiophene rings is 1. The predicted octanol–water partition coefficient (Wildman–Crippen LogP) is 4.10. The Labute approximate surface area is 152 Å². The van der Waals surface area contributed by atoms with E-state index in [4.69, 9.17) is 0 Å². The van der Waals surface area contributed by atoms with E-state index in [-0.39, 0.29) is 11.8 Å². The minimum atomic E-state index is -0.167. The Balaban J connectivity index is 1.95. The summed E-state index contributed by atoms with van der Waals surface area (Å²) in [5.41, 5.74) is 4.61. The van der Waals surface area contributed by atoms with Crippen molar-refractivity contribution in [3.05, 3.63) is 50.9 Å². The molecule has 0 saturated carbocycles. The van der Waals surface area contributed by atoms with Gasteiger partial charge in [-0.2, -0.15) is 0 Å². The van der Waals surface area contributed by atoms with Gasteiger partial charge in [-0.25, -0.2) is 0 Å². The van der Waals surface area contributed by atoms with Gasteiger partial charge in [0.15, 0.2) is 0 Å². The van der Waals surface area contributed by atoms with Crippen LogP contribution in [0.5, 0.6) is 0 Å². The summed E-state index contributed by atoms with van der Waals surface area (Å²) in [4.78, 5) is 26.3. The molecular formula is C20H24N2O2S. The molecule has 0 saturated heterocycles. The van der Waals surface area contributed by atoms with Gasteiger partial charge in [-0.05, 0) is 67.9 Å².